The molecular weight excluding hydrogens is 315 g/mol. The largest absolute Gasteiger partial charge is 0.302 e. The van der Waals surface area contributed by atoms with Gasteiger partial charge in [-0.05, 0) is 17.7 Å². The number of hydrazone groups is 1. The molecule has 1 aliphatic rings. The van der Waals surface area contributed by atoms with Crippen molar-refractivity contribution in [3.8, 4) is 0 Å². The lowest BCUT2D eigenvalue weighted by atomic mass is 10.0. The first-order chi connectivity index (χ1) is 9.97. The van der Waals surface area contributed by atoms with Gasteiger partial charge in [-0.25, -0.2) is 5.43 Å². The molecule has 0 aliphatic carbocycles. The van der Waals surface area contributed by atoms with E-state index in [2.05, 4.69) is 28.0 Å². The zero-order valence-corrected chi connectivity index (χ0v) is 12.3. The summed E-state index contributed by atoms with van der Waals surface area (Å²) >= 11 is 11.6. The summed E-state index contributed by atoms with van der Waals surface area (Å²) in [4.78, 5) is 23.1. The zero-order chi connectivity index (χ0) is 15.4. The summed E-state index contributed by atoms with van der Waals surface area (Å²) < 4.78 is 0. The lowest BCUT2D eigenvalue weighted by Crippen LogP contribution is -2.27. The maximum Gasteiger partial charge on any atom is 0.247 e. The number of benzene rings is 1. The lowest BCUT2D eigenvalue weighted by molar-refractivity contribution is -0.127. The van der Waals surface area contributed by atoms with Crippen molar-refractivity contribution in [2.45, 2.75) is 6.42 Å². The number of rotatable bonds is 4. The maximum absolute atomic E-state index is 11.7. The van der Waals surface area contributed by atoms with E-state index >= 15 is 0 Å². The van der Waals surface area contributed by atoms with Crippen molar-refractivity contribution in [2.24, 2.45) is 11.0 Å². The normalized spacial score (nSPS) is 17.7. The molecule has 1 unspecified atom stereocenters. The Bertz CT molecular complexity index is 615. The zero-order valence-electron chi connectivity index (χ0n) is 10.8. The number of amides is 2. The number of halogens is 2. The van der Waals surface area contributed by atoms with Crippen LogP contribution < -0.4 is 16.3 Å². The first-order valence-electron chi connectivity index (χ1n) is 5.99. The van der Waals surface area contributed by atoms with E-state index in [0.29, 0.717) is 21.3 Å². The maximum atomic E-state index is 11.7. The highest BCUT2D eigenvalue weighted by atomic mass is 35.5. The summed E-state index contributed by atoms with van der Waals surface area (Å²) in [6.45, 7) is 3.64. The highest BCUT2D eigenvalue weighted by molar-refractivity contribution is 6.42. The minimum absolute atomic E-state index is 0.0314. The number of hydrogen-bond acceptors (Lipinski definition) is 4. The third-order valence-corrected chi connectivity index (χ3v) is 3.56. The number of carbonyl (C=O) groups is 2. The molecule has 8 heteroatoms. The van der Waals surface area contributed by atoms with Crippen molar-refractivity contribution in [1.29, 1.82) is 0 Å². The van der Waals surface area contributed by atoms with E-state index in [1.165, 1.54) is 6.21 Å². The van der Waals surface area contributed by atoms with Crippen LogP contribution in [0.15, 0.2) is 35.6 Å². The smallest absolute Gasteiger partial charge is 0.247 e. The minimum Gasteiger partial charge on any atom is -0.302 e. The molecule has 0 radical (unpaired) electrons. The first-order valence-corrected chi connectivity index (χ1v) is 6.74. The molecule has 2 amide bonds. The van der Waals surface area contributed by atoms with Gasteiger partial charge in [0, 0.05) is 12.1 Å². The van der Waals surface area contributed by atoms with Gasteiger partial charge in [0.25, 0.3) is 0 Å². The Morgan fingerprint density at radius 3 is 2.76 bits per heavy atom. The van der Waals surface area contributed by atoms with Gasteiger partial charge in [0.05, 0.1) is 22.2 Å². The van der Waals surface area contributed by atoms with E-state index in [9.17, 15) is 9.59 Å². The molecule has 1 aromatic rings. The molecule has 1 heterocycles. The number of hydrogen-bond donors (Lipinski definition) is 3. The van der Waals surface area contributed by atoms with Crippen LogP contribution in [0.25, 0.3) is 0 Å². The van der Waals surface area contributed by atoms with Crippen LogP contribution in [0.2, 0.25) is 10.0 Å². The van der Waals surface area contributed by atoms with E-state index in [-0.39, 0.29) is 12.3 Å². The summed E-state index contributed by atoms with van der Waals surface area (Å²) in [7, 11) is 0. The van der Waals surface area contributed by atoms with Gasteiger partial charge >= 0.3 is 0 Å². The predicted octanol–water partition coefficient (Wildman–Crippen LogP) is 1.60. The summed E-state index contributed by atoms with van der Waals surface area (Å²) in [6, 6.07) is 4.96. The van der Waals surface area contributed by atoms with Crippen LogP contribution in [0.3, 0.4) is 0 Å². The molecule has 1 aliphatic heterocycles. The Kier molecular flexibility index (Phi) is 4.82. The Morgan fingerprint density at radius 1 is 1.38 bits per heavy atom. The standard InChI is InChI=1S/C13H12Cl2N4O2/c1-7-9(13(21)19-17-7)5-12(20)18-16-6-8-2-3-10(14)11(15)4-8/h2-4,6,9,17H,1,5H2,(H,18,20)(H,19,21). The van der Waals surface area contributed by atoms with Crippen LogP contribution in [0.5, 0.6) is 0 Å². The van der Waals surface area contributed by atoms with Crippen LogP contribution in [-0.2, 0) is 9.59 Å². The second kappa shape index (κ2) is 6.60. The second-order valence-corrected chi connectivity index (χ2v) is 5.18. The number of nitrogens with one attached hydrogen (secondary N) is 3. The van der Waals surface area contributed by atoms with Crippen molar-refractivity contribution in [1.82, 2.24) is 16.3 Å². The summed E-state index contributed by atoms with van der Waals surface area (Å²) in [6.07, 6.45) is 1.40. The van der Waals surface area contributed by atoms with Crippen molar-refractivity contribution >= 4 is 41.2 Å². The Labute approximate surface area is 131 Å². The molecular formula is C13H12Cl2N4O2. The monoisotopic (exact) mass is 326 g/mol. The molecule has 1 aromatic carbocycles. The summed E-state index contributed by atoms with van der Waals surface area (Å²) in [5.74, 6) is -1.27. The average molecular weight is 327 g/mol. The summed E-state index contributed by atoms with van der Waals surface area (Å²) in [5, 5.41) is 4.64. The molecule has 110 valence electrons. The van der Waals surface area contributed by atoms with Gasteiger partial charge in [-0.15, -0.1) is 0 Å². The minimum atomic E-state index is -0.592. The molecule has 3 N–H and O–H groups in total. The topological polar surface area (TPSA) is 82.6 Å². The molecule has 1 atom stereocenters. The third-order valence-electron chi connectivity index (χ3n) is 2.82. The molecule has 1 fully saturated rings. The van der Waals surface area contributed by atoms with Gasteiger partial charge in [0.2, 0.25) is 11.8 Å². The van der Waals surface area contributed by atoms with Crippen LogP contribution in [-0.4, -0.2) is 18.0 Å². The molecule has 6 nitrogen and oxygen atoms in total. The van der Waals surface area contributed by atoms with Crippen molar-refractivity contribution < 1.29 is 9.59 Å². The average Bonchev–Trinajstić information content (AvgIpc) is 2.75. The predicted molar refractivity (Wildman–Crippen MR) is 80.7 cm³/mol. The molecule has 1 saturated heterocycles. The van der Waals surface area contributed by atoms with Crippen LogP contribution in [0.4, 0.5) is 0 Å². The molecule has 0 bridgehead atoms. The van der Waals surface area contributed by atoms with Crippen molar-refractivity contribution in [3.05, 3.63) is 46.1 Å². The fourth-order valence-electron chi connectivity index (χ4n) is 1.69. The van der Waals surface area contributed by atoms with Crippen LogP contribution in [0, 0.1) is 5.92 Å². The van der Waals surface area contributed by atoms with Gasteiger partial charge in [-0.1, -0.05) is 35.8 Å². The van der Waals surface area contributed by atoms with E-state index in [1.54, 1.807) is 18.2 Å². The van der Waals surface area contributed by atoms with Gasteiger partial charge in [0.15, 0.2) is 0 Å². The SMILES string of the molecule is C=C1NNC(=O)C1CC(=O)NN=Cc1ccc(Cl)c(Cl)c1. The van der Waals surface area contributed by atoms with Crippen LogP contribution >= 0.6 is 23.2 Å². The number of carbonyl (C=O) groups excluding carboxylic acids is 2. The Balaban J connectivity index is 1.88. The van der Waals surface area contributed by atoms with E-state index in [4.69, 9.17) is 23.2 Å². The Morgan fingerprint density at radius 2 is 2.14 bits per heavy atom. The fraction of sp³-hybridized carbons (Fsp3) is 0.154. The number of nitrogens with zero attached hydrogens (tertiary/aromatic N) is 1. The van der Waals surface area contributed by atoms with E-state index in [0.717, 1.165) is 0 Å². The lowest BCUT2D eigenvalue weighted by Gasteiger charge is -2.05. The van der Waals surface area contributed by atoms with E-state index in [1.807, 2.05) is 0 Å². The van der Waals surface area contributed by atoms with Gasteiger partial charge in [-0.2, -0.15) is 5.10 Å². The van der Waals surface area contributed by atoms with E-state index < -0.39 is 11.8 Å². The molecule has 21 heavy (non-hydrogen) atoms. The highest BCUT2D eigenvalue weighted by Crippen LogP contribution is 2.21. The Hall–Kier alpha value is -2.05. The molecule has 0 saturated carbocycles. The van der Waals surface area contributed by atoms with Crippen LogP contribution in [0.1, 0.15) is 12.0 Å². The molecule has 0 aromatic heterocycles. The second-order valence-electron chi connectivity index (χ2n) is 4.36. The van der Waals surface area contributed by atoms with Crippen molar-refractivity contribution in [2.75, 3.05) is 0 Å². The highest BCUT2D eigenvalue weighted by Gasteiger charge is 2.29. The van der Waals surface area contributed by atoms with Gasteiger partial charge in [0.1, 0.15) is 0 Å². The third kappa shape index (κ3) is 3.96. The first kappa shape index (κ1) is 15.3. The number of hydrazine groups is 1. The van der Waals surface area contributed by atoms with Gasteiger partial charge in [-0.3, -0.25) is 15.0 Å². The van der Waals surface area contributed by atoms with Gasteiger partial charge < -0.3 is 5.43 Å². The molecule has 0 spiro atoms. The molecule has 2 rings (SSSR count). The fourth-order valence-corrected chi connectivity index (χ4v) is 2.00. The summed E-state index contributed by atoms with van der Waals surface area (Å²) in [5.41, 5.74) is 8.45. The van der Waals surface area contributed by atoms with Crippen molar-refractivity contribution in [3.63, 3.8) is 0 Å². The quantitative estimate of drug-likeness (QED) is 0.580.